The van der Waals surface area contributed by atoms with Crippen LogP contribution in [-0.4, -0.2) is 20.8 Å². The predicted molar refractivity (Wildman–Crippen MR) is 86.2 cm³/mol. The number of halogens is 1. The summed E-state index contributed by atoms with van der Waals surface area (Å²) in [5, 5.41) is 7.56. The second kappa shape index (κ2) is 5.83. The molecule has 0 heterocycles. The molecule has 0 aliphatic rings. The number of fused-ring (bicyclic) bond motifs is 1. The lowest BCUT2D eigenvalue weighted by molar-refractivity contribution is 0.202. The molecule has 6 heteroatoms. The summed E-state index contributed by atoms with van der Waals surface area (Å²) < 4.78 is 28.2. The van der Waals surface area contributed by atoms with Crippen LogP contribution in [0.3, 0.4) is 0 Å². The molecule has 4 nitrogen and oxygen atoms in total. The lowest BCUT2D eigenvalue weighted by Gasteiger charge is -2.24. The van der Waals surface area contributed by atoms with Crippen LogP contribution in [0.1, 0.15) is 13.8 Å². The highest BCUT2D eigenvalue weighted by Gasteiger charge is 2.25. The van der Waals surface area contributed by atoms with Gasteiger partial charge in [0.25, 0.3) is 0 Å². The van der Waals surface area contributed by atoms with Crippen molar-refractivity contribution < 1.29 is 13.2 Å². The number of primary sulfonamides is 1. The van der Waals surface area contributed by atoms with Crippen molar-refractivity contribution in [3.63, 3.8) is 0 Å². The second-order valence-electron chi connectivity index (χ2n) is 5.85. The molecular weight excluding hydrogens is 310 g/mol. The van der Waals surface area contributed by atoms with E-state index in [1.807, 2.05) is 24.3 Å². The van der Waals surface area contributed by atoms with Crippen molar-refractivity contribution in [2.75, 3.05) is 12.4 Å². The van der Waals surface area contributed by atoms with E-state index in [0.29, 0.717) is 10.8 Å². The van der Waals surface area contributed by atoms with E-state index < -0.39 is 15.4 Å². The van der Waals surface area contributed by atoms with Gasteiger partial charge >= 0.3 is 0 Å². The first-order valence-electron chi connectivity index (χ1n) is 6.48. The monoisotopic (exact) mass is 327 g/mol. The van der Waals surface area contributed by atoms with Crippen LogP contribution in [0, 0.1) is 5.41 Å². The fraction of sp³-hybridized carbons (Fsp3) is 0.333. The van der Waals surface area contributed by atoms with Crippen LogP contribution in [0.2, 0.25) is 5.02 Å². The summed E-state index contributed by atoms with van der Waals surface area (Å²) in [5.74, 6) is 0.545. The fourth-order valence-corrected chi connectivity index (χ4v) is 3.62. The van der Waals surface area contributed by atoms with Crippen LogP contribution in [0.15, 0.2) is 36.4 Å². The van der Waals surface area contributed by atoms with Crippen LogP contribution in [0.4, 0.5) is 0 Å². The van der Waals surface area contributed by atoms with Gasteiger partial charge < -0.3 is 4.74 Å². The van der Waals surface area contributed by atoms with E-state index >= 15 is 0 Å². The van der Waals surface area contributed by atoms with Crippen LogP contribution in [0.5, 0.6) is 5.75 Å². The van der Waals surface area contributed by atoms with Gasteiger partial charge in [0.05, 0.1) is 12.4 Å². The summed E-state index contributed by atoms with van der Waals surface area (Å²) in [7, 11) is -3.54. The molecule has 0 atom stereocenters. The first-order valence-corrected chi connectivity index (χ1v) is 8.58. The van der Waals surface area contributed by atoms with Crippen molar-refractivity contribution >= 4 is 32.4 Å². The summed E-state index contributed by atoms with van der Waals surface area (Å²) in [6.07, 6.45) is 0. The molecule has 0 aliphatic carbocycles. The molecule has 21 heavy (non-hydrogen) atoms. The van der Waals surface area contributed by atoms with Gasteiger partial charge in [-0.05, 0) is 12.1 Å². The van der Waals surface area contributed by atoms with Crippen molar-refractivity contribution in [3.05, 3.63) is 41.4 Å². The van der Waals surface area contributed by atoms with Gasteiger partial charge in [-0.25, -0.2) is 13.6 Å². The Morgan fingerprint density at radius 1 is 1.14 bits per heavy atom. The number of hydrogen-bond donors (Lipinski definition) is 1. The molecule has 0 saturated carbocycles. The molecule has 2 N–H and O–H groups in total. The van der Waals surface area contributed by atoms with E-state index in [9.17, 15) is 8.42 Å². The van der Waals surface area contributed by atoms with Crippen LogP contribution in [-0.2, 0) is 10.0 Å². The van der Waals surface area contributed by atoms with E-state index in [2.05, 4.69) is 0 Å². The van der Waals surface area contributed by atoms with Gasteiger partial charge in [-0.1, -0.05) is 49.7 Å². The smallest absolute Gasteiger partial charge is 0.209 e. The number of sulfonamides is 1. The summed E-state index contributed by atoms with van der Waals surface area (Å²) in [6, 6.07) is 11.2. The van der Waals surface area contributed by atoms with Crippen LogP contribution < -0.4 is 9.88 Å². The maximum atomic E-state index is 11.2. The van der Waals surface area contributed by atoms with Gasteiger partial charge in [-0.15, -0.1) is 0 Å². The molecule has 0 bridgehead atoms. The highest BCUT2D eigenvalue weighted by Crippen LogP contribution is 2.32. The average Bonchev–Trinajstić information content (AvgIpc) is 2.35. The molecule has 0 spiro atoms. The van der Waals surface area contributed by atoms with E-state index in [4.69, 9.17) is 21.5 Å². The van der Waals surface area contributed by atoms with Crippen molar-refractivity contribution in [2.24, 2.45) is 10.6 Å². The van der Waals surface area contributed by atoms with Crippen molar-refractivity contribution in [2.45, 2.75) is 13.8 Å². The molecule has 0 unspecified atom stereocenters. The molecule has 2 aromatic carbocycles. The molecule has 0 fully saturated rings. The summed E-state index contributed by atoms with van der Waals surface area (Å²) in [5.41, 5.74) is -0.575. The van der Waals surface area contributed by atoms with Crippen LogP contribution >= 0.6 is 11.6 Å². The molecule has 114 valence electrons. The lowest BCUT2D eigenvalue weighted by atomic mass is 9.98. The minimum Gasteiger partial charge on any atom is -0.492 e. The summed E-state index contributed by atoms with van der Waals surface area (Å²) >= 11 is 6.15. The predicted octanol–water partition coefficient (Wildman–Crippen LogP) is 3.19. The number of ether oxygens (including phenoxy) is 1. The minimum absolute atomic E-state index is 0.133. The Morgan fingerprint density at radius 3 is 2.38 bits per heavy atom. The molecule has 2 aromatic rings. The maximum Gasteiger partial charge on any atom is 0.209 e. The van der Waals surface area contributed by atoms with Gasteiger partial charge in [-0.2, -0.15) is 0 Å². The lowest BCUT2D eigenvalue weighted by Crippen LogP contribution is -2.33. The number of benzene rings is 2. The zero-order chi connectivity index (χ0) is 15.7. The van der Waals surface area contributed by atoms with Gasteiger partial charge in [0.15, 0.2) is 0 Å². The minimum atomic E-state index is -3.54. The number of nitrogens with two attached hydrogens (primary N) is 1. The quantitative estimate of drug-likeness (QED) is 0.916. The fourth-order valence-electron chi connectivity index (χ4n) is 2.22. The Hall–Kier alpha value is -1.30. The van der Waals surface area contributed by atoms with E-state index in [1.54, 1.807) is 26.0 Å². The van der Waals surface area contributed by atoms with Gasteiger partial charge in [0, 0.05) is 21.2 Å². The third-order valence-corrected chi connectivity index (χ3v) is 4.55. The molecule has 0 radical (unpaired) electrons. The third kappa shape index (κ3) is 4.33. The van der Waals surface area contributed by atoms with E-state index in [1.165, 1.54) is 0 Å². The topological polar surface area (TPSA) is 69.4 Å². The normalized spacial score (nSPS) is 12.6. The Kier molecular flexibility index (Phi) is 4.46. The Labute approximate surface area is 129 Å². The molecule has 0 aliphatic heterocycles. The first-order chi connectivity index (χ1) is 9.68. The van der Waals surface area contributed by atoms with Crippen LogP contribution in [0.25, 0.3) is 10.8 Å². The largest absolute Gasteiger partial charge is 0.492 e. The first kappa shape index (κ1) is 16.1. The Balaban J connectivity index is 2.23. The van der Waals surface area contributed by atoms with Gasteiger partial charge in [0.1, 0.15) is 5.75 Å². The zero-order valence-corrected chi connectivity index (χ0v) is 13.5. The summed E-state index contributed by atoms with van der Waals surface area (Å²) in [4.78, 5) is 0. The van der Waals surface area contributed by atoms with Gasteiger partial charge in [-0.3, -0.25) is 0 Å². The standard InChI is InChI=1S/C15H18ClNO3S/c1-15(2,10-21(17,18)19)9-20-14-8-7-13(16)11-5-3-4-6-12(11)14/h3-8H,9-10H2,1-2H3,(H2,17,18,19). The Bertz CT molecular complexity index is 757. The number of hydrogen-bond acceptors (Lipinski definition) is 3. The molecule has 0 amide bonds. The van der Waals surface area contributed by atoms with Crippen molar-refractivity contribution in [3.8, 4) is 5.75 Å². The van der Waals surface area contributed by atoms with Gasteiger partial charge in [0.2, 0.25) is 10.0 Å². The van der Waals surface area contributed by atoms with E-state index in [0.717, 1.165) is 10.8 Å². The third-order valence-electron chi connectivity index (χ3n) is 3.04. The molecular formula is C15H18ClNO3S. The average molecular weight is 328 g/mol. The second-order valence-corrected chi connectivity index (χ2v) is 7.87. The van der Waals surface area contributed by atoms with Crippen molar-refractivity contribution in [1.82, 2.24) is 0 Å². The zero-order valence-electron chi connectivity index (χ0n) is 12.0. The molecule has 2 rings (SSSR count). The highest BCUT2D eigenvalue weighted by molar-refractivity contribution is 7.89. The highest BCUT2D eigenvalue weighted by atomic mass is 35.5. The molecule has 0 aromatic heterocycles. The molecule has 0 saturated heterocycles. The summed E-state index contributed by atoms with van der Waals surface area (Å²) in [6.45, 7) is 3.85. The SMILES string of the molecule is CC(C)(COc1ccc(Cl)c2ccccc12)CS(N)(=O)=O. The Morgan fingerprint density at radius 2 is 1.76 bits per heavy atom. The maximum absolute atomic E-state index is 11.2. The number of rotatable bonds is 5. The van der Waals surface area contributed by atoms with E-state index in [-0.39, 0.29) is 12.4 Å². The van der Waals surface area contributed by atoms with Crippen molar-refractivity contribution in [1.29, 1.82) is 0 Å².